The molecule has 1 heterocycles. The van der Waals surface area contributed by atoms with Gasteiger partial charge in [-0.2, -0.15) is 5.26 Å². The summed E-state index contributed by atoms with van der Waals surface area (Å²) in [4.78, 5) is 11.7. The summed E-state index contributed by atoms with van der Waals surface area (Å²) in [6.07, 6.45) is 1.44. The molecule has 5 nitrogen and oxygen atoms in total. The Morgan fingerprint density at radius 2 is 2.20 bits per heavy atom. The first-order chi connectivity index (χ1) is 9.70. The van der Waals surface area contributed by atoms with Gasteiger partial charge in [-0.05, 0) is 24.3 Å². The molecule has 102 valence electrons. The monoisotopic (exact) mass is 290 g/mol. The summed E-state index contributed by atoms with van der Waals surface area (Å²) in [7, 11) is 0. The van der Waals surface area contributed by atoms with Crippen molar-refractivity contribution in [2.75, 3.05) is 6.61 Å². The van der Waals surface area contributed by atoms with E-state index >= 15 is 0 Å². The summed E-state index contributed by atoms with van der Waals surface area (Å²) in [6, 6.07) is 11.2. The normalized spacial score (nSPS) is 11.4. The van der Waals surface area contributed by atoms with Crippen LogP contribution in [0.25, 0.3) is 0 Å². The molecular formula is C14H11ClN2O3. The summed E-state index contributed by atoms with van der Waals surface area (Å²) in [6.45, 7) is -0.234. The fraction of sp³-hybridized carbons (Fsp3) is 0.143. The van der Waals surface area contributed by atoms with E-state index in [9.17, 15) is 4.79 Å². The Balaban J connectivity index is 1.90. The van der Waals surface area contributed by atoms with E-state index in [-0.39, 0.29) is 6.61 Å². The lowest BCUT2D eigenvalue weighted by Gasteiger charge is -2.10. The fourth-order valence-corrected chi connectivity index (χ4v) is 1.72. The minimum absolute atomic E-state index is 0.234. The quantitative estimate of drug-likeness (QED) is 0.918. The molecule has 6 heteroatoms. The number of halogens is 1. The van der Waals surface area contributed by atoms with Crippen LogP contribution in [0, 0.1) is 11.3 Å². The van der Waals surface area contributed by atoms with Crippen LogP contribution in [0.1, 0.15) is 11.8 Å². The minimum atomic E-state index is -0.840. The van der Waals surface area contributed by atoms with E-state index in [1.54, 1.807) is 36.4 Å². The SMILES string of the molecule is N#CC(NC(=O)COc1ccccc1Cl)c1ccco1. The van der Waals surface area contributed by atoms with Gasteiger partial charge in [-0.15, -0.1) is 0 Å². The van der Waals surface area contributed by atoms with Crippen LogP contribution < -0.4 is 10.1 Å². The van der Waals surface area contributed by atoms with Crippen LogP contribution in [0.3, 0.4) is 0 Å². The van der Waals surface area contributed by atoms with Gasteiger partial charge in [-0.1, -0.05) is 23.7 Å². The van der Waals surface area contributed by atoms with Crippen LogP contribution in [0.2, 0.25) is 5.02 Å². The Labute approximate surface area is 120 Å². The van der Waals surface area contributed by atoms with E-state index in [0.29, 0.717) is 16.5 Å². The summed E-state index contributed by atoms with van der Waals surface area (Å²) in [5, 5.41) is 11.9. The van der Waals surface area contributed by atoms with Crippen molar-refractivity contribution in [3.8, 4) is 11.8 Å². The van der Waals surface area contributed by atoms with Crippen molar-refractivity contribution >= 4 is 17.5 Å². The third-order valence-corrected chi connectivity index (χ3v) is 2.77. The molecule has 20 heavy (non-hydrogen) atoms. The molecule has 0 spiro atoms. The third-order valence-electron chi connectivity index (χ3n) is 2.46. The molecule has 1 unspecified atom stereocenters. The molecular weight excluding hydrogens is 280 g/mol. The number of nitrogens with one attached hydrogen (secondary N) is 1. The zero-order valence-electron chi connectivity index (χ0n) is 10.4. The molecule has 0 bridgehead atoms. The Kier molecular flexibility index (Phi) is 4.64. The van der Waals surface area contributed by atoms with Gasteiger partial charge in [0.05, 0.1) is 17.4 Å². The first kappa shape index (κ1) is 14.0. The third kappa shape index (κ3) is 3.53. The summed E-state index contributed by atoms with van der Waals surface area (Å²) in [5.74, 6) is 0.349. The van der Waals surface area contributed by atoms with Crippen molar-refractivity contribution in [2.45, 2.75) is 6.04 Å². The van der Waals surface area contributed by atoms with Crippen LogP contribution in [0.4, 0.5) is 0 Å². The van der Waals surface area contributed by atoms with Crippen molar-refractivity contribution < 1.29 is 13.9 Å². The Morgan fingerprint density at radius 3 is 2.85 bits per heavy atom. The molecule has 0 fully saturated rings. The second kappa shape index (κ2) is 6.64. The highest BCUT2D eigenvalue weighted by molar-refractivity contribution is 6.32. The molecule has 0 aliphatic rings. The number of rotatable bonds is 5. The molecule has 1 amide bonds. The number of nitrogens with zero attached hydrogens (tertiary/aromatic N) is 1. The number of benzene rings is 1. The smallest absolute Gasteiger partial charge is 0.259 e. The largest absolute Gasteiger partial charge is 0.482 e. The summed E-state index contributed by atoms with van der Waals surface area (Å²) in [5.41, 5.74) is 0. The molecule has 0 saturated heterocycles. The number of carbonyl (C=O) groups is 1. The number of amides is 1. The zero-order chi connectivity index (χ0) is 14.4. The van der Waals surface area contributed by atoms with E-state index in [0.717, 1.165) is 0 Å². The van der Waals surface area contributed by atoms with Gasteiger partial charge in [0, 0.05) is 0 Å². The maximum atomic E-state index is 11.7. The molecule has 0 aliphatic carbocycles. The topological polar surface area (TPSA) is 75.3 Å². The molecule has 2 rings (SSSR count). The van der Waals surface area contributed by atoms with E-state index in [2.05, 4.69) is 5.32 Å². The number of carbonyl (C=O) groups excluding carboxylic acids is 1. The zero-order valence-corrected chi connectivity index (χ0v) is 11.1. The fourth-order valence-electron chi connectivity index (χ4n) is 1.53. The molecule has 0 aliphatic heterocycles. The highest BCUT2D eigenvalue weighted by Gasteiger charge is 2.16. The Hall–Kier alpha value is -2.45. The number of para-hydroxylation sites is 1. The van der Waals surface area contributed by atoms with Crippen LogP contribution in [0.5, 0.6) is 5.75 Å². The van der Waals surface area contributed by atoms with Crippen LogP contribution in [-0.4, -0.2) is 12.5 Å². The van der Waals surface area contributed by atoms with Crippen LogP contribution in [-0.2, 0) is 4.79 Å². The van der Waals surface area contributed by atoms with Crippen molar-refractivity contribution in [3.63, 3.8) is 0 Å². The second-order valence-corrected chi connectivity index (χ2v) is 4.27. The van der Waals surface area contributed by atoms with Gasteiger partial charge in [0.15, 0.2) is 12.6 Å². The number of nitriles is 1. The van der Waals surface area contributed by atoms with Gasteiger partial charge in [-0.3, -0.25) is 4.79 Å². The van der Waals surface area contributed by atoms with Gasteiger partial charge in [0.2, 0.25) is 0 Å². The number of hydrogen-bond acceptors (Lipinski definition) is 4. The molecule has 1 aromatic heterocycles. The lowest BCUT2D eigenvalue weighted by Crippen LogP contribution is -2.31. The number of furan rings is 1. The predicted molar refractivity (Wildman–Crippen MR) is 72.2 cm³/mol. The first-order valence-corrected chi connectivity index (χ1v) is 6.18. The van der Waals surface area contributed by atoms with Crippen molar-refractivity contribution in [3.05, 3.63) is 53.4 Å². The number of ether oxygens (including phenoxy) is 1. The van der Waals surface area contributed by atoms with Gasteiger partial charge in [0.25, 0.3) is 5.91 Å². The highest BCUT2D eigenvalue weighted by atomic mass is 35.5. The van der Waals surface area contributed by atoms with Crippen LogP contribution in [0.15, 0.2) is 47.1 Å². The average Bonchev–Trinajstić information content (AvgIpc) is 2.98. The lowest BCUT2D eigenvalue weighted by atomic mass is 10.2. The van der Waals surface area contributed by atoms with Gasteiger partial charge < -0.3 is 14.5 Å². The van der Waals surface area contributed by atoms with E-state index in [1.807, 2.05) is 6.07 Å². The molecule has 0 saturated carbocycles. The Morgan fingerprint density at radius 1 is 1.40 bits per heavy atom. The van der Waals surface area contributed by atoms with Crippen LogP contribution >= 0.6 is 11.6 Å². The average molecular weight is 291 g/mol. The maximum Gasteiger partial charge on any atom is 0.259 e. The van der Waals surface area contributed by atoms with E-state index in [1.165, 1.54) is 6.26 Å². The number of hydrogen-bond donors (Lipinski definition) is 1. The van der Waals surface area contributed by atoms with Crippen molar-refractivity contribution in [1.29, 1.82) is 5.26 Å². The highest BCUT2D eigenvalue weighted by Crippen LogP contribution is 2.22. The summed E-state index contributed by atoms with van der Waals surface area (Å²) >= 11 is 5.90. The molecule has 1 N–H and O–H groups in total. The second-order valence-electron chi connectivity index (χ2n) is 3.86. The molecule has 1 aromatic carbocycles. The minimum Gasteiger partial charge on any atom is -0.482 e. The van der Waals surface area contributed by atoms with Gasteiger partial charge in [-0.25, -0.2) is 0 Å². The van der Waals surface area contributed by atoms with Gasteiger partial charge in [0.1, 0.15) is 11.5 Å². The van der Waals surface area contributed by atoms with Crippen molar-refractivity contribution in [2.24, 2.45) is 0 Å². The lowest BCUT2D eigenvalue weighted by molar-refractivity contribution is -0.123. The van der Waals surface area contributed by atoms with Crippen molar-refractivity contribution in [1.82, 2.24) is 5.32 Å². The first-order valence-electron chi connectivity index (χ1n) is 5.80. The van der Waals surface area contributed by atoms with E-state index in [4.69, 9.17) is 26.0 Å². The molecule has 1 atom stereocenters. The maximum absolute atomic E-state index is 11.7. The van der Waals surface area contributed by atoms with E-state index < -0.39 is 11.9 Å². The molecule has 2 aromatic rings. The standard InChI is InChI=1S/C14H11ClN2O3/c15-10-4-1-2-5-12(10)20-9-14(18)17-11(8-16)13-6-3-7-19-13/h1-7,11H,9H2,(H,17,18). The molecule has 0 radical (unpaired) electrons. The Bertz CT molecular complexity index is 620. The predicted octanol–water partition coefficient (Wildman–Crippen LogP) is 2.69. The summed E-state index contributed by atoms with van der Waals surface area (Å²) < 4.78 is 10.3. The van der Waals surface area contributed by atoms with Gasteiger partial charge >= 0.3 is 0 Å².